The summed E-state index contributed by atoms with van der Waals surface area (Å²) in [6.07, 6.45) is 2.64. The standard InChI is InChI=1S/C32H46N2O7/c1-7-40-31(35)20-26-12-13-27(22-33(26)21-24-9-14-28(38-5)15-10-24)34(23(2)3)32(36)25-11-16-29(39-6)30(19-25)41-18-8-17-37-4/h9-11,14-16,19,23,26-27H,7-8,12-13,17-18,20-22H2,1-6H3/t26-,27?/m0/s1. The number of rotatable bonds is 15. The van der Waals surface area contributed by atoms with E-state index in [2.05, 4.69) is 4.90 Å². The van der Waals surface area contributed by atoms with Gasteiger partial charge in [0.15, 0.2) is 11.5 Å². The SMILES string of the molecule is CCOC(=O)C[C@@H]1CCC(N(C(=O)c2ccc(OC)c(OCCCOC)c2)C(C)C)CN1Cc1ccc(OC)cc1. The van der Waals surface area contributed by atoms with Crippen LogP contribution in [0.2, 0.25) is 0 Å². The summed E-state index contributed by atoms with van der Waals surface area (Å²) >= 11 is 0. The van der Waals surface area contributed by atoms with E-state index in [0.29, 0.717) is 56.4 Å². The summed E-state index contributed by atoms with van der Waals surface area (Å²) in [5.74, 6) is 1.68. The van der Waals surface area contributed by atoms with Gasteiger partial charge in [-0.3, -0.25) is 14.5 Å². The van der Waals surface area contributed by atoms with Gasteiger partial charge in [-0.15, -0.1) is 0 Å². The molecule has 0 bridgehead atoms. The zero-order valence-corrected chi connectivity index (χ0v) is 25.4. The van der Waals surface area contributed by atoms with Crippen molar-refractivity contribution in [1.29, 1.82) is 0 Å². The fourth-order valence-corrected chi connectivity index (χ4v) is 5.39. The summed E-state index contributed by atoms with van der Waals surface area (Å²) in [4.78, 5) is 30.7. The molecule has 41 heavy (non-hydrogen) atoms. The first-order chi connectivity index (χ1) is 19.8. The fraction of sp³-hybridized carbons (Fsp3) is 0.562. The largest absolute Gasteiger partial charge is 0.497 e. The molecular weight excluding hydrogens is 524 g/mol. The van der Waals surface area contributed by atoms with E-state index in [0.717, 1.165) is 30.6 Å². The number of amides is 1. The predicted molar refractivity (Wildman–Crippen MR) is 158 cm³/mol. The first-order valence-electron chi connectivity index (χ1n) is 14.5. The van der Waals surface area contributed by atoms with Crippen LogP contribution in [-0.4, -0.2) is 87.5 Å². The van der Waals surface area contributed by atoms with Gasteiger partial charge in [0, 0.05) is 56.9 Å². The number of nitrogens with zero attached hydrogens (tertiary/aromatic N) is 2. The molecule has 2 aromatic rings. The van der Waals surface area contributed by atoms with Crippen molar-refractivity contribution in [1.82, 2.24) is 9.80 Å². The quantitative estimate of drug-likeness (QED) is 0.220. The van der Waals surface area contributed by atoms with Crippen LogP contribution in [0, 0.1) is 0 Å². The number of benzene rings is 2. The lowest BCUT2D eigenvalue weighted by atomic mass is 9.93. The minimum atomic E-state index is -0.191. The second-order valence-electron chi connectivity index (χ2n) is 10.5. The Morgan fingerprint density at radius 2 is 1.73 bits per heavy atom. The van der Waals surface area contributed by atoms with Gasteiger partial charge in [0.2, 0.25) is 0 Å². The van der Waals surface area contributed by atoms with Gasteiger partial charge < -0.3 is 28.6 Å². The summed E-state index contributed by atoms with van der Waals surface area (Å²) in [5, 5.41) is 0. The summed E-state index contributed by atoms with van der Waals surface area (Å²) in [5.41, 5.74) is 1.67. The number of hydrogen-bond acceptors (Lipinski definition) is 8. The Kier molecular flexibility index (Phi) is 12.7. The molecule has 0 saturated carbocycles. The Morgan fingerprint density at radius 1 is 0.976 bits per heavy atom. The number of carbonyl (C=O) groups excluding carboxylic acids is 2. The summed E-state index contributed by atoms with van der Waals surface area (Å²) in [6, 6.07) is 13.3. The molecule has 9 nitrogen and oxygen atoms in total. The molecule has 3 rings (SSSR count). The van der Waals surface area contributed by atoms with Crippen LogP contribution in [0.5, 0.6) is 17.2 Å². The summed E-state index contributed by atoms with van der Waals surface area (Å²) in [7, 11) is 4.89. The molecule has 1 fully saturated rings. The van der Waals surface area contributed by atoms with E-state index in [-0.39, 0.29) is 30.0 Å². The number of carbonyl (C=O) groups is 2. The average Bonchev–Trinajstić information content (AvgIpc) is 2.97. The maximum Gasteiger partial charge on any atom is 0.307 e. The number of esters is 1. The number of methoxy groups -OCH3 is 3. The van der Waals surface area contributed by atoms with Gasteiger partial charge in [-0.25, -0.2) is 0 Å². The third kappa shape index (κ3) is 9.10. The van der Waals surface area contributed by atoms with Crippen molar-refractivity contribution in [2.45, 2.75) is 71.1 Å². The highest BCUT2D eigenvalue weighted by molar-refractivity contribution is 5.95. The van der Waals surface area contributed by atoms with Crippen molar-refractivity contribution in [3.05, 3.63) is 53.6 Å². The Morgan fingerprint density at radius 3 is 2.37 bits per heavy atom. The average molecular weight is 571 g/mol. The molecule has 226 valence electrons. The predicted octanol–water partition coefficient (Wildman–Crippen LogP) is 4.96. The second-order valence-corrected chi connectivity index (χ2v) is 10.5. The minimum Gasteiger partial charge on any atom is -0.497 e. The lowest BCUT2D eigenvalue weighted by molar-refractivity contribution is -0.145. The maximum atomic E-state index is 14.0. The Bertz CT molecular complexity index is 1110. The molecule has 9 heteroatoms. The first-order valence-corrected chi connectivity index (χ1v) is 14.5. The Hall–Kier alpha value is -3.30. The zero-order chi connectivity index (χ0) is 29.8. The highest BCUT2D eigenvalue weighted by Crippen LogP contribution is 2.32. The third-order valence-electron chi connectivity index (χ3n) is 7.39. The highest BCUT2D eigenvalue weighted by atomic mass is 16.5. The van der Waals surface area contributed by atoms with Crippen LogP contribution in [0.3, 0.4) is 0 Å². The van der Waals surface area contributed by atoms with Crippen molar-refractivity contribution < 1.29 is 33.3 Å². The van der Waals surface area contributed by atoms with Gasteiger partial charge >= 0.3 is 5.97 Å². The van der Waals surface area contributed by atoms with Crippen LogP contribution in [0.4, 0.5) is 0 Å². The third-order valence-corrected chi connectivity index (χ3v) is 7.39. The van der Waals surface area contributed by atoms with Crippen molar-refractivity contribution in [2.75, 3.05) is 47.7 Å². The molecule has 1 heterocycles. The van der Waals surface area contributed by atoms with Crippen LogP contribution in [0.1, 0.15) is 62.4 Å². The zero-order valence-electron chi connectivity index (χ0n) is 25.4. The van der Waals surface area contributed by atoms with E-state index in [1.54, 1.807) is 39.5 Å². The topological polar surface area (TPSA) is 86.8 Å². The summed E-state index contributed by atoms with van der Waals surface area (Å²) in [6.45, 7) is 8.63. The fourth-order valence-electron chi connectivity index (χ4n) is 5.39. The lowest BCUT2D eigenvalue weighted by Gasteiger charge is -2.45. The second kappa shape index (κ2) is 16.2. The molecule has 0 radical (unpaired) electrons. The highest BCUT2D eigenvalue weighted by Gasteiger charge is 2.36. The minimum absolute atomic E-state index is 0.0210. The summed E-state index contributed by atoms with van der Waals surface area (Å²) < 4.78 is 27.1. The van der Waals surface area contributed by atoms with Crippen LogP contribution in [0.25, 0.3) is 0 Å². The molecule has 0 aromatic heterocycles. The van der Waals surface area contributed by atoms with Crippen LogP contribution < -0.4 is 14.2 Å². The van der Waals surface area contributed by atoms with Crippen LogP contribution in [0.15, 0.2) is 42.5 Å². The molecule has 1 aliphatic rings. The van der Waals surface area contributed by atoms with Gasteiger partial charge in [0.05, 0.1) is 33.9 Å². The number of piperidine rings is 1. The van der Waals surface area contributed by atoms with Crippen molar-refractivity contribution in [3.63, 3.8) is 0 Å². The van der Waals surface area contributed by atoms with E-state index in [4.69, 9.17) is 23.7 Å². The van der Waals surface area contributed by atoms with Crippen LogP contribution >= 0.6 is 0 Å². The first kappa shape index (κ1) is 32.2. The molecule has 1 saturated heterocycles. The monoisotopic (exact) mass is 570 g/mol. The number of likely N-dealkylation sites (tertiary alicyclic amines) is 1. The van der Waals surface area contributed by atoms with Gasteiger partial charge in [-0.05, 0) is 69.5 Å². The molecule has 1 aliphatic heterocycles. The Labute approximate surface area is 244 Å². The molecule has 0 spiro atoms. The molecule has 0 aliphatic carbocycles. The smallest absolute Gasteiger partial charge is 0.307 e. The van der Waals surface area contributed by atoms with Crippen molar-refractivity contribution in [2.24, 2.45) is 0 Å². The van der Waals surface area contributed by atoms with Crippen molar-refractivity contribution in [3.8, 4) is 17.2 Å². The lowest BCUT2D eigenvalue weighted by Crippen LogP contribution is -2.55. The molecule has 0 N–H and O–H groups in total. The van der Waals surface area contributed by atoms with Gasteiger partial charge in [-0.1, -0.05) is 12.1 Å². The van der Waals surface area contributed by atoms with E-state index in [1.807, 2.05) is 49.9 Å². The molecular formula is C32H46N2O7. The van der Waals surface area contributed by atoms with E-state index >= 15 is 0 Å². The maximum absolute atomic E-state index is 14.0. The van der Waals surface area contributed by atoms with E-state index < -0.39 is 0 Å². The number of ether oxygens (including phenoxy) is 5. The van der Waals surface area contributed by atoms with E-state index in [1.165, 1.54) is 0 Å². The van der Waals surface area contributed by atoms with Gasteiger partial charge in [0.1, 0.15) is 5.75 Å². The molecule has 1 unspecified atom stereocenters. The van der Waals surface area contributed by atoms with E-state index in [9.17, 15) is 9.59 Å². The Balaban J connectivity index is 1.82. The van der Waals surface area contributed by atoms with Gasteiger partial charge in [0.25, 0.3) is 5.91 Å². The normalized spacial score (nSPS) is 17.2. The number of hydrogen-bond donors (Lipinski definition) is 0. The van der Waals surface area contributed by atoms with Crippen LogP contribution in [-0.2, 0) is 20.8 Å². The van der Waals surface area contributed by atoms with Crippen molar-refractivity contribution >= 4 is 11.9 Å². The molecule has 2 aromatic carbocycles. The molecule has 1 amide bonds. The molecule has 2 atom stereocenters. The van der Waals surface area contributed by atoms with Gasteiger partial charge in [-0.2, -0.15) is 0 Å².